The lowest BCUT2D eigenvalue weighted by Crippen LogP contribution is -2.55. The van der Waals surface area contributed by atoms with Crippen LogP contribution in [0.25, 0.3) is 0 Å². The standard InChI is InChI=1S/C11H14N4O3S/c1-6-9(17)12-3-4-15(6)10(18)8-5-19-11(14-8)13-7(2)16/h5-6H,3-4H2,1-2H3,(H,12,17)(H,13,14,16). The minimum Gasteiger partial charge on any atom is -0.353 e. The Bertz CT molecular complexity index is 528. The minimum absolute atomic E-state index is 0.170. The Balaban J connectivity index is 2.12. The van der Waals surface area contributed by atoms with Crippen LogP contribution in [-0.4, -0.2) is 46.7 Å². The van der Waals surface area contributed by atoms with E-state index in [1.807, 2.05) is 0 Å². The van der Waals surface area contributed by atoms with Crippen LogP contribution < -0.4 is 10.6 Å². The molecule has 1 aliphatic heterocycles. The number of thiazole rings is 1. The van der Waals surface area contributed by atoms with Crippen molar-refractivity contribution in [3.63, 3.8) is 0 Å². The van der Waals surface area contributed by atoms with E-state index in [0.29, 0.717) is 18.2 Å². The van der Waals surface area contributed by atoms with Gasteiger partial charge in [0.2, 0.25) is 11.8 Å². The van der Waals surface area contributed by atoms with E-state index in [-0.39, 0.29) is 23.4 Å². The molecule has 3 amide bonds. The second-order valence-corrected chi connectivity index (χ2v) is 5.04. The number of nitrogens with one attached hydrogen (secondary N) is 2. The first-order chi connectivity index (χ1) is 8.99. The number of hydrogen-bond acceptors (Lipinski definition) is 5. The van der Waals surface area contributed by atoms with Gasteiger partial charge < -0.3 is 15.5 Å². The molecule has 0 aliphatic carbocycles. The summed E-state index contributed by atoms with van der Waals surface area (Å²) in [6, 6.07) is -0.507. The maximum atomic E-state index is 12.2. The highest BCUT2D eigenvalue weighted by Gasteiger charge is 2.30. The Labute approximate surface area is 114 Å². The Morgan fingerprint density at radius 2 is 2.32 bits per heavy atom. The van der Waals surface area contributed by atoms with Crippen molar-refractivity contribution in [2.24, 2.45) is 0 Å². The van der Waals surface area contributed by atoms with Gasteiger partial charge in [0, 0.05) is 25.4 Å². The monoisotopic (exact) mass is 282 g/mol. The molecule has 1 atom stereocenters. The van der Waals surface area contributed by atoms with Gasteiger partial charge in [0.05, 0.1) is 0 Å². The summed E-state index contributed by atoms with van der Waals surface area (Å²) in [5.74, 6) is -0.703. The number of rotatable bonds is 2. The fraction of sp³-hybridized carbons (Fsp3) is 0.455. The highest BCUT2D eigenvalue weighted by molar-refractivity contribution is 7.14. The molecule has 2 heterocycles. The average molecular weight is 282 g/mol. The van der Waals surface area contributed by atoms with Gasteiger partial charge in [0.1, 0.15) is 11.7 Å². The van der Waals surface area contributed by atoms with Crippen molar-refractivity contribution >= 4 is 34.2 Å². The van der Waals surface area contributed by atoms with Crippen LogP contribution >= 0.6 is 11.3 Å². The summed E-state index contributed by atoms with van der Waals surface area (Å²) >= 11 is 1.18. The Kier molecular flexibility index (Phi) is 3.79. The van der Waals surface area contributed by atoms with E-state index in [4.69, 9.17) is 0 Å². The van der Waals surface area contributed by atoms with Crippen molar-refractivity contribution in [3.8, 4) is 0 Å². The minimum atomic E-state index is -0.507. The molecule has 7 nitrogen and oxygen atoms in total. The molecule has 1 aromatic heterocycles. The molecule has 0 radical (unpaired) electrons. The van der Waals surface area contributed by atoms with Crippen LogP contribution in [0.3, 0.4) is 0 Å². The number of anilines is 1. The van der Waals surface area contributed by atoms with Crippen LogP contribution in [0.1, 0.15) is 24.3 Å². The van der Waals surface area contributed by atoms with Crippen molar-refractivity contribution in [2.45, 2.75) is 19.9 Å². The van der Waals surface area contributed by atoms with E-state index in [1.165, 1.54) is 23.2 Å². The van der Waals surface area contributed by atoms with Gasteiger partial charge in [-0.3, -0.25) is 14.4 Å². The van der Waals surface area contributed by atoms with Gasteiger partial charge in [-0.15, -0.1) is 11.3 Å². The van der Waals surface area contributed by atoms with E-state index in [0.717, 1.165) is 0 Å². The van der Waals surface area contributed by atoms with E-state index in [1.54, 1.807) is 12.3 Å². The summed E-state index contributed by atoms with van der Waals surface area (Å²) in [6.07, 6.45) is 0. The number of aromatic nitrogens is 1. The second kappa shape index (κ2) is 5.35. The quantitative estimate of drug-likeness (QED) is 0.802. The molecule has 0 bridgehead atoms. The lowest BCUT2D eigenvalue weighted by Gasteiger charge is -2.32. The zero-order valence-corrected chi connectivity index (χ0v) is 11.4. The number of hydrogen-bond donors (Lipinski definition) is 2. The molecule has 102 valence electrons. The summed E-state index contributed by atoms with van der Waals surface area (Å²) in [5, 5.41) is 7.17. The number of nitrogens with zero attached hydrogens (tertiary/aromatic N) is 2. The van der Waals surface area contributed by atoms with Crippen LogP contribution in [0.15, 0.2) is 5.38 Å². The topological polar surface area (TPSA) is 91.4 Å². The van der Waals surface area contributed by atoms with E-state index in [9.17, 15) is 14.4 Å². The van der Waals surface area contributed by atoms with Crippen molar-refractivity contribution in [3.05, 3.63) is 11.1 Å². The third-order valence-electron chi connectivity index (χ3n) is 2.77. The second-order valence-electron chi connectivity index (χ2n) is 4.18. The average Bonchev–Trinajstić information content (AvgIpc) is 2.79. The van der Waals surface area contributed by atoms with Gasteiger partial charge >= 0.3 is 0 Å². The SMILES string of the molecule is CC(=O)Nc1nc(C(=O)N2CCNC(=O)C2C)cs1. The summed E-state index contributed by atoms with van der Waals surface area (Å²) < 4.78 is 0. The predicted molar refractivity (Wildman–Crippen MR) is 69.9 cm³/mol. The smallest absolute Gasteiger partial charge is 0.274 e. The summed E-state index contributed by atoms with van der Waals surface area (Å²) in [7, 11) is 0. The van der Waals surface area contributed by atoms with E-state index < -0.39 is 6.04 Å². The zero-order chi connectivity index (χ0) is 14.0. The third kappa shape index (κ3) is 2.90. The van der Waals surface area contributed by atoms with Crippen molar-refractivity contribution in [2.75, 3.05) is 18.4 Å². The molecule has 2 rings (SSSR count). The van der Waals surface area contributed by atoms with Crippen LogP contribution in [0.5, 0.6) is 0 Å². The first kappa shape index (κ1) is 13.5. The summed E-state index contributed by atoms with van der Waals surface area (Å²) in [4.78, 5) is 40.2. The van der Waals surface area contributed by atoms with Crippen LogP contribution in [-0.2, 0) is 9.59 Å². The molecule has 1 aromatic rings. The number of carbonyl (C=O) groups is 3. The van der Waals surface area contributed by atoms with Gasteiger partial charge in [-0.05, 0) is 6.92 Å². The molecular weight excluding hydrogens is 268 g/mol. The molecule has 1 unspecified atom stereocenters. The number of carbonyl (C=O) groups excluding carboxylic acids is 3. The molecule has 0 saturated carbocycles. The Morgan fingerprint density at radius 3 is 3.00 bits per heavy atom. The molecule has 19 heavy (non-hydrogen) atoms. The maximum Gasteiger partial charge on any atom is 0.274 e. The highest BCUT2D eigenvalue weighted by atomic mass is 32.1. The van der Waals surface area contributed by atoms with Crippen LogP contribution in [0.4, 0.5) is 5.13 Å². The fourth-order valence-electron chi connectivity index (χ4n) is 1.79. The molecule has 2 N–H and O–H groups in total. The third-order valence-corrected chi connectivity index (χ3v) is 3.52. The normalized spacial score (nSPS) is 18.9. The van der Waals surface area contributed by atoms with Crippen molar-refractivity contribution < 1.29 is 14.4 Å². The molecule has 1 fully saturated rings. The van der Waals surface area contributed by atoms with E-state index >= 15 is 0 Å². The molecular formula is C11H14N4O3S. The molecule has 8 heteroatoms. The van der Waals surface area contributed by atoms with Crippen LogP contribution in [0, 0.1) is 0 Å². The molecule has 0 aromatic carbocycles. The summed E-state index contributed by atoms with van der Waals surface area (Å²) in [5.41, 5.74) is 0.246. The van der Waals surface area contributed by atoms with Gasteiger partial charge in [0.15, 0.2) is 5.13 Å². The van der Waals surface area contributed by atoms with Crippen molar-refractivity contribution in [1.29, 1.82) is 0 Å². The lowest BCUT2D eigenvalue weighted by atomic mass is 10.2. The maximum absolute atomic E-state index is 12.2. The Hall–Kier alpha value is -1.96. The molecule has 1 saturated heterocycles. The largest absolute Gasteiger partial charge is 0.353 e. The summed E-state index contributed by atoms with van der Waals surface area (Å²) in [6.45, 7) is 3.95. The Morgan fingerprint density at radius 1 is 1.58 bits per heavy atom. The molecule has 0 spiro atoms. The van der Waals surface area contributed by atoms with Gasteiger partial charge in [-0.1, -0.05) is 0 Å². The van der Waals surface area contributed by atoms with Crippen LogP contribution in [0.2, 0.25) is 0 Å². The van der Waals surface area contributed by atoms with Gasteiger partial charge in [-0.25, -0.2) is 4.98 Å². The number of piperazine rings is 1. The predicted octanol–water partition coefficient (Wildman–Crippen LogP) is 0.0620. The molecule has 1 aliphatic rings. The lowest BCUT2D eigenvalue weighted by molar-refractivity contribution is -0.127. The van der Waals surface area contributed by atoms with Gasteiger partial charge in [0.25, 0.3) is 5.91 Å². The number of amides is 3. The van der Waals surface area contributed by atoms with E-state index in [2.05, 4.69) is 15.6 Å². The first-order valence-corrected chi connectivity index (χ1v) is 6.69. The fourth-order valence-corrected chi connectivity index (χ4v) is 2.52. The first-order valence-electron chi connectivity index (χ1n) is 5.81. The highest BCUT2D eigenvalue weighted by Crippen LogP contribution is 2.18. The van der Waals surface area contributed by atoms with Gasteiger partial charge in [-0.2, -0.15) is 0 Å². The van der Waals surface area contributed by atoms with Crippen molar-refractivity contribution in [1.82, 2.24) is 15.2 Å². The zero-order valence-electron chi connectivity index (χ0n) is 10.6.